The average molecular weight is 344 g/mol. The molecule has 4 rings (SSSR count). The van der Waals surface area contributed by atoms with Crippen molar-refractivity contribution in [2.45, 2.75) is 25.4 Å². The Hall–Kier alpha value is -2.67. The SMILES string of the molecule is O=[N+]([O-])c1cc(Cl)cnc1NCc1nc2ccccc2n1C1CC1. The molecule has 1 fully saturated rings. The molecule has 1 saturated carbocycles. The van der Waals surface area contributed by atoms with Crippen molar-refractivity contribution in [2.75, 3.05) is 5.32 Å². The Balaban J connectivity index is 1.66. The van der Waals surface area contributed by atoms with Crippen molar-refractivity contribution in [3.05, 3.63) is 57.5 Å². The van der Waals surface area contributed by atoms with Crippen LogP contribution in [-0.4, -0.2) is 19.5 Å². The molecule has 0 atom stereocenters. The average Bonchev–Trinajstić information content (AvgIpc) is 3.34. The summed E-state index contributed by atoms with van der Waals surface area (Å²) in [4.78, 5) is 19.4. The number of anilines is 1. The number of rotatable bonds is 5. The van der Waals surface area contributed by atoms with E-state index in [9.17, 15) is 10.1 Å². The molecule has 2 aromatic heterocycles. The maximum absolute atomic E-state index is 11.2. The number of fused-ring (bicyclic) bond motifs is 1. The third kappa shape index (κ3) is 2.67. The van der Waals surface area contributed by atoms with E-state index < -0.39 is 4.92 Å². The zero-order chi connectivity index (χ0) is 16.7. The lowest BCUT2D eigenvalue weighted by atomic mass is 10.3. The lowest BCUT2D eigenvalue weighted by molar-refractivity contribution is -0.384. The van der Waals surface area contributed by atoms with Gasteiger partial charge in [0, 0.05) is 18.3 Å². The number of benzene rings is 1. The number of nitrogens with one attached hydrogen (secondary N) is 1. The zero-order valence-corrected chi connectivity index (χ0v) is 13.4. The summed E-state index contributed by atoms with van der Waals surface area (Å²) < 4.78 is 2.21. The van der Waals surface area contributed by atoms with Crippen molar-refractivity contribution < 1.29 is 4.92 Å². The Morgan fingerprint density at radius 2 is 2.17 bits per heavy atom. The van der Waals surface area contributed by atoms with Crippen molar-refractivity contribution in [3.8, 4) is 0 Å². The summed E-state index contributed by atoms with van der Waals surface area (Å²) in [6.07, 6.45) is 3.65. The van der Waals surface area contributed by atoms with Gasteiger partial charge in [-0.1, -0.05) is 23.7 Å². The number of para-hydroxylation sites is 2. The molecule has 1 N–H and O–H groups in total. The molecule has 1 aliphatic carbocycles. The molecule has 122 valence electrons. The van der Waals surface area contributed by atoms with Gasteiger partial charge in [-0.05, 0) is 25.0 Å². The first kappa shape index (κ1) is 14.9. The van der Waals surface area contributed by atoms with E-state index in [-0.39, 0.29) is 16.5 Å². The number of pyridine rings is 1. The van der Waals surface area contributed by atoms with Crippen LogP contribution in [0.4, 0.5) is 11.5 Å². The first-order valence-corrected chi connectivity index (χ1v) is 8.01. The molecule has 0 unspecified atom stereocenters. The maximum atomic E-state index is 11.2. The van der Waals surface area contributed by atoms with Crippen molar-refractivity contribution in [2.24, 2.45) is 0 Å². The quantitative estimate of drug-likeness (QED) is 0.560. The van der Waals surface area contributed by atoms with E-state index in [0.29, 0.717) is 12.6 Å². The maximum Gasteiger partial charge on any atom is 0.312 e. The molecule has 3 aromatic rings. The van der Waals surface area contributed by atoms with Gasteiger partial charge in [-0.2, -0.15) is 0 Å². The Morgan fingerprint density at radius 3 is 2.92 bits per heavy atom. The molecule has 7 nitrogen and oxygen atoms in total. The van der Waals surface area contributed by atoms with E-state index in [4.69, 9.17) is 11.6 Å². The monoisotopic (exact) mass is 343 g/mol. The first-order chi connectivity index (χ1) is 11.6. The molecule has 0 radical (unpaired) electrons. The van der Waals surface area contributed by atoms with Gasteiger partial charge in [0.05, 0.1) is 27.5 Å². The molecule has 0 amide bonds. The fraction of sp³-hybridized carbons (Fsp3) is 0.250. The number of imidazole rings is 1. The summed E-state index contributed by atoms with van der Waals surface area (Å²) in [5.41, 5.74) is 1.88. The van der Waals surface area contributed by atoms with E-state index in [2.05, 4.69) is 19.9 Å². The minimum atomic E-state index is -0.495. The standard InChI is InChI=1S/C16H14ClN5O2/c17-10-7-14(22(23)24)16(18-8-10)19-9-15-20-12-3-1-2-4-13(12)21(15)11-5-6-11/h1-4,7-8,11H,5-6,9H2,(H,18,19). The number of nitro groups is 1. The topological polar surface area (TPSA) is 85.9 Å². The highest BCUT2D eigenvalue weighted by Gasteiger charge is 2.28. The second-order valence-corrected chi connectivity index (χ2v) is 6.19. The highest BCUT2D eigenvalue weighted by molar-refractivity contribution is 6.30. The molecule has 0 spiro atoms. The highest BCUT2D eigenvalue weighted by atomic mass is 35.5. The number of hydrogen-bond donors (Lipinski definition) is 1. The fourth-order valence-corrected chi connectivity index (χ4v) is 2.98. The van der Waals surface area contributed by atoms with Gasteiger partial charge in [0.1, 0.15) is 5.82 Å². The van der Waals surface area contributed by atoms with Crippen LogP contribution in [0.15, 0.2) is 36.5 Å². The number of halogens is 1. The predicted molar refractivity (Wildman–Crippen MR) is 91.2 cm³/mol. The van der Waals surface area contributed by atoms with Gasteiger partial charge in [0.15, 0.2) is 0 Å². The summed E-state index contributed by atoms with van der Waals surface area (Å²) in [5, 5.41) is 14.4. The van der Waals surface area contributed by atoms with E-state index in [1.54, 1.807) is 0 Å². The normalized spacial score (nSPS) is 14.0. The lowest BCUT2D eigenvalue weighted by Gasteiger charge is -2.09. The second kappa shape index (κ2) is 5.76. The van der Waals surface area contributed by atoms with Gasteiger partial charge in [0.2, 0.25) is 5.82 Å². The molecule has 1 aromatic carbocycles. The van der Waals surface area contributed by atoms with Crippen molar-refractivity contribution in [1.29, 1.82) is 0 Å². The van der Waals surface area contributed by atoms with Gasteiger partial charge in [-0.15, -0.1) is 0 Å². The van der Waals surface area contributed by atoms with E-state index in [0.717, 1.165) is 29.7 Å². The van der Waals surface area contributed by atoms with Crippen LogP contribution in [0.5, 0.6) is 0 Å². The van der Waals surface area contributed by atoms with Crippen molar-refractivity contribution in [1.82, 2.24) is 14.5 Å². The number of hydrogen-bond acceptors (Lipinski definition) is 5. The summed E-state index contributed by atoms with van der Waals surface area (Å²) in [7, 11) is 0. The largest absolute Gasteiger partial charge is 0.357 e. The van der Waals surface area contributed by atoms with Crippen LogP contribution >= 0.6 is 11.6 Å². The molecular formula is C16H14ClN5O2. The van der Waals surface area contributed by atoms with Gasteiger partial charge < -0.3 is 9.88 Å². The Kier molecular flexibility index (Phi) is 3.57. The summed E-state index contributed by atoms with van der Waals surface area (Å²) in [6.45, 7) is 0.362. The molecule has 2 heterocycles. The zero-order valence-electron chi connectivity index (χ0n) is 12.6. The molecule has 8 heteroatoms. The van der Waals surface area contributed by atoms with Crippen LogP contribution in [0.2, 0.25) is 5.02 Å². The second-order valence-electron chi connectivity index (χ2n) is 5.75. The summed E-state index contributed by atoms with van der Waals surface area (Å²) in [6, 6.07) is 9.72. The van der Waals surface area contributed by atoms with Crippen LogP contribution in [0.1, 0.15) is 24.7 Å². The van der Waals surface area contributed by atoms with Crippen LogP contribution in [0.3, 0.4) is 0 Å². The lowest BCUT2D eigenvalue weighted by Crippen LogP contribution is -2.10. The van der Waals surface area contributed by atoms with Crippen LogP contribution in [0.25, 0.3) is 11.0 Å². The van der Waals surface area contributed by atoms with Crippen molar-refractivity contribution >= 4 is 34.1 Å². The van der Waals surface area contributed by atoms with Crippen LogP contribution < -0.4 is 5.32 Å². The minimum absolute atomic E-state index is 0.142. The Bertz CT molecular complexity index is 935. The predicted octanol–water partition coefficient (Wildman–Crippen LogP) is 3.94. The van der Waals surface area contributed by atoms with E-state index >= 15 is 0 Å². The molecule has 24 heavy (non-hydrogen) atoms. The smallest absolute Gasteiger partial charge is 0.312 e. The van der Waals surface area contributed by atoms with E-state index in [1.165, 1.54) is 12.3 Å². The first-order valence-electron chi connectivity index (χ1n) is 7.63. The summed E-state index contributed by atoms with van der Waals surface area (Å²) >= 11 is 5.80. The third-order valence-corrected chi connectivity index (χ3v) is 4.23. The van der Waals surface area contributed by atoms with Gasteiger partial charge in [-0.3, -0.25) is 10.1 Å². The fourth-order valence-electron chi connectivity index (χ4n) is 2.83. The third-order valence-electron chi connectivity index (χ3n) is 4.03. The highest BCUT2D eigenvalue weighted by Crippen LogP contribution is 2.38. The Labute approximate surface area is 142 Å². The molecule has 1 aliphatic rings. The molecule has 0 aliphatic heterocycles. The van der Waals surface area contributed by atoms with E-state index in [1.807, 2.05) is 24.3 Å². The van der Waals surface area contributed by atoms with Crippen LogP contribution in [0, 0.1) is 10.1 Å². The van der Waals surface area contributed by atoms with Crippen LogP contribution in [-0.2, 0) is 6.54 Å². The Morgan fingerprint density at radius 1 is 1.38 bits per heavy atom. The van der Waals surface area contributed by atoms with Gasteiger partial charge in [0.25, 0.3) is 0 Å². The van der Waals surface area contributed by atoms with Crippen molar-refractivity contribution in [3.63, 3.8) is 0 Å². The molecule has 0 bridgehead atoms. The number of nitrogens with zero attached hydrogens (tertiary/aromatic N) is 4. The molecular weight excluding hydrogens is 330 g/mol. The summed E-state index contributed by atoms with van der Waals surface area (Å²) in [5.74, 6) is 1.04. The van der Waals surface area contributed by atoms with Gasteiger partial charge >= 0.3 is 5.69 Å². The number of aromatic nitrogens is 3. The minimum Gasteiger partial charge on any atom is -0.357 e. The molecule has 0 saturated heterocycles. The van der Waals surface area contributed by atoms with Gasteiger partial charge in [-0.25, -0.2) is 9.97 Å².